The van der Waals surface area contributed by atoms with Crippen molar-refractivity contribution >= 4 is 29.9 Å². The molecule has 0 aromatic carbocycles. The first-order valence-electron chi connectivity index (χ1n) is 7.85. The fourth-order valence-electron chi connectivity index (χ4n) is 2.62. The lowest BCUT2D eigenvalue weighted by Crippen LogP contribution is -2.42. The summed E-state index contributed by atoms with van der Waals surface area (Å²) in [6.07, 6.45) is 6.64. The van der Waals surface area contributed by atoms with Crippen molar-refractivity contribution in [1.29, 1.82) is 0 Å². The van der Waals surface area contributed by atoms with Crippen LogP contribution in [0, 0.1) is 0 Å². The van der Waals surface area contributed by atoms with Crippen molar-refractivity contribution in [3.63, 3.8) is 0 Å². The lowest BCUT2D eigenvalue weighted by Gasteiger charge is -2.16. The van der Waals surface area contributed by atoms with E-state index in [1.54, 1.807) is 6.26 Å². The summed E-state index contributed by atoms with van der Waals surface area (Å²) in [5.41, 5.74) is 0. The number of furan rings is 1. The number of aliphatic imine (C=N–C) groups is 1. The fourth-order valence-corrected chi connectivity index (χ4v) is 2.62. The molecule has 2 heterocycles. The number of guanidine groups is 1. The number of nitrogens with one attached hydrogen (secondary N) is 3. The van der Waals surface area contributed by atoms with Crippen LogP contribution in [0.5, 0.6) is 0 Å². The van der Waals surface area contributed by atoms with E-state index in [2.05, 4.69) is 37.7 Å². The SMILES string of the molecule is CCNC(=NCc1nc(-c2ccco2)n[nH]1)NC1CCCC1.I. The van der Waals surface area contributed by atoms with Crippen LogP contribution in [0.3, 0.4) is 0 Å². The van der Waals surface area contributed by atoms with Crippen molar-refractivity contribution < 1.29 is 4.42 Å². The summed E-state index contributed by atoms with van der Waals surface area (Å²) in [5, 5.41) is 13.8. The normalized spacial score (nSPS) is 15.4. The molecule has 3 rings (SSSR count). The number of rotatable bonds is 5. The second kappa shape index (κ2) is 8.90. The monoisotopic (exact) mass is 430 g/mol. The largest absolute Gasteiger partial charge is 0.461 e. The Bertz CT molecular complexity index is 603. The van der Waals surface area contributed by atoms with Crippen LogP contribution < -0.4 is 10.6 Å². The van der Waals surface area contributed by atoms with Gasteiger partial charge in [0.15, 0.2) is 11.7 Å². The molecule has 0 aliphatic heterocycles. The van der Waals surface area contributed by atoms with Gasteiger partial charge in [-0.05, 0) is 31.9 Å². The minimum Gasteiger partial charge on any atom is -0.461 e. The molecule has 1 saturated carbocycles. The Balaban J connectivity index is 0.00000192. The van der Waals surface area contributed by atoms with E-state index in [1.807, 2.05) is 12.1 Å². The van der Waals surface area contributed by atoms with Crippen LogP contribution in [-0.4, -0.2) is 33.7 Å². The third kappa shape index (κ3) is 4.95. The van der Waals surface area contributed by atoms with E-state index in [9.17, 15) is 0 Å². The Labute approximate surface area is 152 Å². The highest BCUT2D eigenvalue weighted by molar-refractivity contribution is 14.0. The van der Waals surface area contributed by atoms with Gasteiger partial charge in [-0.15, -0.1) is 29.1 Å². The van der Waals surface area contributed by atoms with E-state index in [1.165, 1.54) is 25.7 Å². The zero-order valence-electron chi connectivity index (χ0n) is 13.2. The van der Waals surface area contributed by atoms with Gasteiger partial charge in [0, 0.05) is 12.6 Å². The van der Waals surface area contributed by atoms with Crippen LogP contribution in [0.25, 0.3) is 11.6 Å². The first kappa shape index (κ1) is 17.8. The van der Waals surface area contributed by atoms with Crippen LogP contribution in [0.15, 0.2) is 27.8 Å². The molecule has 2 aromatic heterocycles. The number of aromatic nitrogens is 3. The van der Waals surface area contributed by atoms with E-state index >= 15 is 0 Å². The van der Waals surface area contributed by atoms with Gasteiger partial charge in [-0.25, -0.2) is 9.98 Å². The van der Waals surface area contributed by atoms with E-state index in [0.29, 0.717) is 24.2 Å². The number of hydrogen-bond donors (Lipinski definition) is 3. The van der Waals surface area contributed by atoms with Gasteiger partial charge in [-0.2, -0.15) is 0 Å². The van der Waals surface area contributed by atoms with Crippen molar-refractivity contribution in [3.05, 3.63) is 24.2 Å². The maximum Gasteiger partial charge on any atom is 0.216 e. The average Bonchev–Trinajstić information content (AvgIpc) is 3.26. The quantitative estimate of drug-likeness (QED) is 0.386. The summed E-state index contributed by atoms with van der Waals surface area (Å²) in [7, 11) is 0. The maximum atomic E-state index is 5.28. The molecule has 1 aliphatic rings. The van der Waals surface area contributed by atoms with E-state index < -0.39 is 0 Å². The van der Waals surface area contributed by atoms with Gasteiger partial charge < -0.3 is 15.1 Å². The molecule has 0 radical (unpaired) electrons. The first-order valence-corrected chi connectivity index (χ1v) is 7.85. The predicted molar refractivity (Wildman–Crippen MR) is 99.7 cm³/mol. The van der Waals surface area contributed by atoms with Crippen molar-refractivity contribution in [2.75, 3.05) is 6.54 Å². The first-order chi connectivity index (χ1) is 10.8. The predicted octanol–water partition coefficient (Wildman–Crippen LogP) is 2.68. The van der Waals surface area contributed by atoms with Gasteiger partial charge in [0.25, 0.3) is 0 Å². The van der Waals surface area contributed by atoms with Crippen molar-refractivity contribution in [2.24, 2.45) is 4.99 Å². The van der Waals surface area contributed by atoms with Crippen LogP contribution in [-0.2, 0) is 6.54 Å². The van der Waals surface area contributed by atoms with Crippen LogP contribution >= 0.6 is 24.0 Å². The van der Waals surface area contributed by atoms with Crippen molar-refractivity contribution in [1.82, 2.24) is 25.8 Å². The van der Waals surface area contributed by atoms with Crippen LogP contribution in [0.4, 0.5) is 0 Å². The Morgan fingerprint density at radius 3 is 2.96 bits per heavy atom. The molecular weight excluding hydrogens is 407 g/mol. The van der Waals surface area contributed by atoms with Crippen molar-refractivity contribution in [2.45, 2.75) is 45.2 Å². The molecule has 7 nitrogen and oxygen atoms in total. The van der Waals surface area contributed by atoms with Gasteiger partial charge in [0.2, 0.25) is 5.82 Å². The van der Waals surface area contributed by atoms with Gasteiger partial charge in [0.05, 0.1) is 6.26 Å². The Morgan fingerprint density at radius 2 is 2.26 bits per heavy atom. The molecule has 2 aromatic rings. The zero-order valence-corrected chi connectivity index (χ0v) is 15.5. The zero-order chi connectivity index (χ0) is 15.2. The molecule has 0 unspecified atom stereocenters. The molecule has 0 bridgehead atoms. The average molecular weight is 430 g/mol. The summed E-state index contributed by atoms with van der Waals surface area (Å²) in [6, 6.07) is 4.19. The molecular formula is C15H23IN6O. The van der Waals surface area contributed by atoms with Gasteiger partial charge in [-0.3, -0.25) is 5.10 Å². The Kier molecular flexibility index (Phi) is 6.87. The fraction of sp³-hybridized carbons (Fsp3) is 0.533. The Morgan fingerprint density at radius 1 is 1.43 bits per heavy atom. The minimum atomic E-state index is 0. The van der Waals surface area contributed by atoms with E-state index in [0.717, 1.165) is 18.3 Å². The molecule has 23 heavy (non-hydrogen) atoms. The second-order valence-corrected chi connectivity index (χ2v) is 5.40. The van der Waals surface area contributed by atoms with Gasteiger partial charge in [0.1, 0.15) is 12.4 Å². The standard InChI is InChI=1S/C15H22N6O.HI/c1-2-16-15(18-11-6-3-4-7-11)17-10-13-19-14(21-20-13)12-8-5-9-22-12;/h5,8-9,11H,2-4,6-7,10H2,1H3,(H2,16,17,18)(H,19,20,21);1H. The number of H-pyrrole nitrogens is 1. The molecule has 8 heteroatoms. The highest BCUT2D eigenvalue weighted by Gasteiger charge is 2.16. The third-order valence-corrected chi connectivity index (χ3v) is 3.70. The minimum absolute atomic E-state index is 0. The molecule has 0 amide bonds. The lowest BCUT2D eigenvalue weighted by molar-refractivity contribution is 0.577. The molecule has 1 aliphatic carbocycles. The topological polar surface area (TPSA) is 91.1 Å². The summed E-state index contributed by atoms with van der Waals surface area (Å²) < 4.78 is 5.28. The Hall–Kier alpha value is -1.58. The van der Waals surface area contributed by atoms with E-state index in [4.69, 9.17) is 4.42 Å². The molecule has 0 atom stereocenters. The second-order valence-electron chi connectivity index (χ2n) is 5.40. The van der Waals surface area contributed by atoms with Crippen LogP contribution in [0.2, 0.25) is 0 Å². The highest BCUT2D eigenvalue weighted by atomic mass is 127. The number of halogens is 1. The van der Waals surface area contributed by atoms with Gasteiger partial charge in [-0.1, -0.05) is 12.8 Å². The third-order valence-electron chi connectivity index (χ3n) is 3.70. The maximum absolute atomic E-state index is 5.28. The number of aromatic amines is 1. The summed E-state index contributed by atoms with van der Waals surface area (Å²) in [5.74, 6) is 2.77. The number of nitrogens with zero attached hydrogens (tertiary/aromatic N) is 3. The lowest BCUT2D eigenvalue weighted by atomic mass is 10.2. The van der Waals surface area contributed by atoms with Crippen LogP contribution in [0.1, 0.15) is 38.4 Å². The summed E-state index contributed by atoms with van der Waals surface area (Å²) in [4.78, 5) is 8.97. The van der Waals surface area contributed by atoms with E-state index in [-0.39, 0.29) is 24.0 Å². The summed E-state index contributed by atoms with van der Waals surface area (Å²) in [6.45, 7) is 3.36. The molecule has 3 N–H and O–H groups in total. The van der Waals surface area contributed by atoms with Gasteiger partial charge >= 0.3 is 0 Å². The molecule has 1 fully saturated rings. The molecule has 0 spiro atoms. The molecule has 126 valence electrons. The smallest absolute Gasteiger partial charge is 0.216 e. The highest BCUT2D eigenvalue weighted by Crippen LogP contribution is 2.17. The number of hydrogen-bond acceptors (Lipinski definition) is 4. The summed E-state index contributed by atoms with van der Waals surface area (Å²) >= 11 is 0. The van der Waals surface area contributed by atoms with Crippen molar-refractivity contribution in [3.8, 4) is 11.6 Å². The molecule has 0 saturated heterocycles.